The van der Waals surface area contributed by atoms with Gasteiger partial charge in [-0.3, -0.25) is 4.79 Å². The number of aromatic nitrogens is 4. The molecule has 4 aromatic rings. The van der Waals surface area contributed by atoms with E-state index in [9.17, 15) is 9.90 Å². The van der Waals surface area contributed by atoms with Crippen LogP contribution in [0, 0.1) is 6.92 Å². The van der Waals surface area contributed by atoms with Gasteiger partial charge in [-0.05, 0) is 31.2 Å². The van der Waals surface area contributed by atoms with Crippen LogP contribution in [0.3, 0.4) is 0 Å². The van der Waals surface area contributed by atoms with Gasteiger partial charge in [0.2, 0.25) is 17.7 Å². The highest BCUT2D eigenvalue weighted by Gasteiger charge is 2.11. The van der Waals surface area contributed by atoms with E-state index >= 15 is 0 Å². The number of benzene rings is 2. The number of anilines is 1. The Morgan fingerprint density at radius 1 is 1.03 bits per heavy atom. The van der Waals surface area contributed by atoms with Crippen molar-refractivity contribution >= 4 is 11.6 Å². The number of nitrogens with zero attached hydrogens (tertiary/aromatic N) is 4. The quantitative estimate of drug-likeness (QED) is 0.505. The zero-order chi connectivity index (χ0) is 20.9. The molecule has 0 saturated carbocycles. The van der Waals surface area contributed by atoms with Crippen molar-refractivity contribution in [2.24, 2.45) is 0 Å². The first-order valence-corrected chi connectivity index (χ1v) is 9.37. The largest absolute Gasteiger partial charge is 0.508 e. The Morgan fingerprint density at radius 3 is 2.53 bits per heavy atom. The van der Waals surface area contributed by atoms with Crippen LogP contribution in [0.5, 0.6) is 5.75 Å². The molecule has 0 fully saturated rings. The Hall–Kier alpha value is -4.07. The lowest BCUT2D eigenvalue weighted by molar-refractivity contribution is -0.116. The summed E-state index contributed by atoms with van der Waals surface area (Å²) in [6, 6.07) is 14.4. The van der Waals surface area contributed by atoms with Crippen LogP contribution in [-0.4, -0.2) is 31.2 Å². The van der Waals surface area contributed by atoms with Gasteiger partial charge >= 0.3 is 0 Å². The lowest BCUT2D eigenvalue weighted by atomic mass is 10.1. The van der Waals surface area contributed by atoms with Crippen LogP contribution in [0.25, 0.3) is 22.8 Å². The van der Waals surface area contributed by atoms with Crippen molar-refractivity contribution in [2.45, 2.75) is 19.8 Å². The maximum Gasteiger partial charge on any atom is 0.247 e. The second kappa shape index (κ2) is 8.52. The molecule has 2 aromatic carbocycles. The third kappa shape index (κ3) is 4.67. The molecule has 0 aliphatic rings. The first-order chi connectivity index (χ1) is 14.6. The van der Waals surface area contributed by atoms with Gasteiger partial charge in [0.25, 0.3) is 0 Å². The van der Waals surface area contributed by atoms with Crippen LogP contribution in [0.1, 0.15) is 17.9 Å². The van der Waals surface area contributed by atoms with Crippen LogP contribution in [0.2, 0.25) is 0 Å². The van der Waals surface area contributed by atoms with Gasteiger partial charge in [-0.25, -0.2) is 9.97 Å². The molecule has 8 heteroatoms. The molecule has 2 heterocycles. The van der Waals surface area contributed by atoms with Gasteiger partial charge in [0, 0.05) is 24.0 Å². The third-order valence-electron chi connectivity index (χ3n) is 4.37. The molecule has 0 aliphatic carbocycles. The highest BCUT2D eigenvalue weighted by Crippen LogP contribution is 2.21. The summed E-state index contributed by atoms with van der Waals surface area (Å²) < 4.78 is 5.64. The van der Waals surface area contributed by atoms with Crippen molar-refractivity contribution in [3.05, 3.63) is 72.4 Å². The van der Waals surface area contributed by atoms with E-state index in [1.54, 1.807) is 24.3 Å². The lowest BCUT2D eigenvalue weighted by Crippen LogP contribution is -2.13. The fraction of sp³-hybridized carbons (Fsp3) is 0.136. The predicted octanol–water partition coefficient (Wildman–Crippen LogP) is 3.78. The van der Waals surface area contributed by atoms with Gasteiger partial charge < -0.3 is 14.8 Å². The zero-order valence-corrected chi connectivity index (χ0v) is 16.2. The third-order valence-corrected chi connectivity index (χ3v) is 4.37. The molecule has 8 nitrogen and oxygen atoms in total. The number of carbonyl (C=O) groups is 1. The van der Waals surface area contributed by atoms with Gasteiger partial charge in [0.1, 0.15) is 5.75 Å². The highest BCUT2D eigenvalue weighted by atomic mass is 16.4. The average Bonchev–Trinajstić information content (AvgIpc) is 3.22. The molecule has 0 aliphatic heterocycles. The van der Waals surface area contributed by atoms with E-state index < -0.39 is 0 Å². The molecule has 4 rings (SSSR count). The minimum atomic E-state index is -0.209. The summed E-state index contributed by atoms with van der Waals surface area (Å²) in [5.41, 5.74) is 3.16. The number of nitrogens with one attached hydrogen (secondary N) is 1. The Kier molecular flexibility index (Phi) is 5.47. The number of phenolic OH excluding ortho intramolecular Hbond substituents is 1. The Bertz CT molecular complexity index is 1150. The van der Waals surface area contributed by atoms with Crippen molar-refractivity contribution in [2.75, 3.05) is 5.32 Å². The summed E-state index contributed by atoms with van der Waals surface area (Å²) in [4.78, 5) is 20.7. The molecule has 30 heavy (non-hydrogen) atoms. The molecule has 0 saturated heterocycles. The molecule has 0 radical (unpaired) electrons. The summed E-state index contributed by atoms with van der Waals surface area (Å²) in [6.45, 7) is 2.01. The highest BCUT2D eigenvalue weighted by molar-refractivity contribution is 5.90. The Morgan fingerprint density at radius 2 is 1.80 bits per heavy atom. The minimum absolute atomic E-state index is 0.139. The lowest BCUT2D eigenvalue weighted by Gasteiger charge is -2.05. The second-order valence-corrected chi connectivity index (χ2v) is 6.76. The smallest absolute Gasteiger partial charge is 0.247 e. The maximum atomic E-state index is 12.2. The van der Waals surface area contributed by atoms with Crippen molar-refractivity contribution in [1.29, 1.82) is 0 Å². The molecular weight excluding hydrogens is 382 g/mol. The SMILES string of the molecule is Cc1ccc(-c2nnc(CCC(=O)Nc3cnc(-c4cccc(O)c4)nc3)o2)cc1. The van der Waals surface area contributed by atoms with E-state index in [0.717, 1.165) is 11.1 Å². The molecule has 1 amide bonds. The molecule has 0 unspecified atom stereocenters. The average molecular weight is 401 g/mol. The summed E-state index contributed by atoms with van der Waals surface area (Å²) in [7, 11) is 0. The van der Waals surface area contributed by atoms with Gasteiger partial charge in [-0.15, -0.1) is 10.2 Å². The summed E-state index contributed by atoms with van der Waals surface area (Å²) >= 11 is 0. The van der Waals surface area contributed by atoms with Crippen molar-refractivity contribution in [3.8, 4) is 28.6 Å². The van der Waals surface area contributed by atoms with Crippen LogP contribution in [-0.2, 0) is 11.2 Å². The number of amides is 1. The molecule has 0 spiro atoms. The first kappa shape index (κ1) is 19.3. The number of carbonyl (C=O) groups excluding carboxylic acids is 1. The van der Waals surface area contributed by atoms with Crippen molar-refractivity contribution in [1.82, 2.24) is 20.2 Å². The molecule has 0 bridgehead atoms. The Balaban J connectivity index is 1.32. The number of aryl methyl sites for hydroxylation is 2. The van der Waals surface area contributed by atoms with Gasteiger partial charge in [-0.1, -0.05) is 29.8 Å². The van der Waals surface area contributed by atoms with E-state index in [0.29, 0.717) is 35.3 Å². The first-order valence-electron chi connectivity index (χ1n) is 9.37. The fourth-order valence-corrected chi connectivity index (χ4v) is 2.80. The number of rotatable bonds is 6. The molecule has 150 valence electrons. The second-order valence-electron chi connectivity index (χ2n) is 6.76. The molecule has 2 N–H and O–H groups in total. The monoisotopic (exact) mass is 401 g/mol. The van der Waals surface area contributed by atoms with Gasteiger partial charge in [0.05, 0.1) is 18.1 Å². The topological polar surface area (TPSA) is 114 Å². The maximum absolute atomic E-state index is 12.2. The van der Waals surface area contributed by atoms with E-state index in [-0.39, 0.29) is 18.1 Å². The van der Waals surface area contributed by atoms with E-state index in [1.807, 2.05) is 31.2 Å². The standard InChI is InChI=1S/C22H19N5O3/c1-14-5-7-15(8-6-14)22-27-26-20(30-22)10-9-19(29)25-17-12-23-21(24-13-17)16-3-2-4-18(28)11-16/h2-8,11-13,28H,9-10H2,1H3,(H,25,29). The zero-order valence-electron chi connectivity index (χ0n) is 16.2. The van der Waals surface area contributed by atoms with Crippen LogP contribution in [0.4, 0.5) is 5.69 Å². The van der Waals surface area contributed by atoms with Gasteiger partial charge in [0.15, 0.2) is 5.82 Å². The summed E-state index contributed by atoms with van der Waals surface area (Å²) in [6.07, 6.45) is 3.55. The Labute approximate surface area is 172 Å². The predicted molar refractivity (Wildman–Crippen MR) is 111 cm³/mol. The van der Waals surface area contributed by atoms with Crippen LogP contribution >= 0.6 is 0 Å². The molecular formula is C22H19N5O3. The van der Waals surface area contributed by atoms with Crippen LogP contribution < -0.4 is 5.32 Å². The number of phenols is 1. The minimum Gasteiger partial charge on any atom is -0.508 e. The van der Waals surface area contributed by atoms with Crippen molar-refractivity contribution in [3.63, 3.8) is 0 Å². The fourth-order valence-electron chi connectivity index (χ4n) is 2.80. The van der Waals surface area contributed by atoms with E-state index in [1.165, 1.54) is 12.4 Å². The summed E-state index contributed by atoms with van der Waals surface area (Å²) in [5.74, 6) is 1.22. The summed E-state index contributed by atoms with van der Waals surface area (Å²) in [5, 5.41) is 20.3. The van der Waals surface area contributed by atoms with Crippen LogP contribution in [0.15, 0.2) is 65.3 Å². The van der Waals surface area contributed by atoms with Gasteiger partial charge in [-0.2, -0.15) is 0 Å². The normalized spacial score (nSPS) is 10.7. The number of aromatic hydroxyl groups is 1. The van der Waals surface area contributed by atoms with Crippen molar-refractivity contribution < 1.29 is 14.3 Å². The van der Waals surface area contributed by atoms with E-state index in [4.69, 9.17) is 4.42 Å². The van der Waals surface area contributed by atoms with E-state index in [2.05, 4.69) is 25.5 Å². The molecule has 2 aromatic heterocycles. The number of hydrogen-bond acceptors (Lipinski definition) is 7. The molecule has 0 atom stereocenters. The number of hydrogen-bond donors (Lipinski definition) is 2.